The summed E-state index contributed by atoms with van der Waals surface area (Å²) in [5.74, 6) is 0.198. The van der Waals surface area contributed by atoms with E-state index in [0.717, 1.165) is 12.0 Å². The largest absolute Gasteiger partial charge is 0.494 e. The van der Waals surface area contributed by atoms with E-state index in [9.17, 15) is 13.2 Å². The summed E-state index contributed by atoms with van der Waals surface area (Å²) in [6.45, 7) is 4.43. The summed E-state index contributed by atoms with van der Waals surface area (Å²) in [6.07, 6.45) is 1.70. The van der Waals surface area contributed by atoms with Crippen LogP contribution in [0.3, 0.4) is 0 Å². The lowest BCUT2D eigenvalue weighted by Crippen LogP contribution is -2.41. The van der Waals surface area contributed by atoms with E-state index < -0.39 is 10.0 Å². The standard InChI is InChI=1S/C19H24N2O4S/c1-3-15-5-7-16(8-6-15)9-14-19(22)20-21-26(23,24)18-12-10-17(11-13-18)25-4-2/h5-8,10-13,21H,3-4,9,14H2,1-2H3,(H,20,22). The molecule has 26 heavy (non-hydrogen) atoms. The second-order valence-corrected chi connectivity index (χ2v) is 7.41. The van der Waals surface area contributed by atoms with Crippen LogP contribution in [0.2, 0.25) is 0 Å². The second kappa shape index (κ2) is 9.35. The van der Waals surface area contributed by atoms with Gasteiger partial charge in [0.2, 0.25) is 5.91 Å². The van der Waals surface area contributed by atoms with Crippen molar-refractivity contribution in [1.82, 2.24) is 10.3 Å². The minimum Gasteiger partial charge on any atom is -0.494 e. The number of hydrogen-bond donors (Lipinski definition) is 2. The van der Waals surface area contributed by atoms with E-state index in [-0.39, 0.29) is 17.2 Å². The number of sulfonamides is 1. The first-order valence-corrected chi connectivity index (χ1v) is 10.0. The predicted molar refractivity (Wildman–Crippen MR) is 100 cm³/mol. The maximum atomic E-state index is 12.2. The maximum Gasteiger partial charge on any atom is 0.257 e. The van der Waals surface area contributed by atoms with Crippen molar-refractivity contribution in [1.29, 1.82) is 0 Å². The Morgan fingerprint density at radius 3 is 2.15 bits per heavy atom. The van der Waals surface area contributed by atoms with Gasteiger partial charge < -0.3 is 4.74 Å². The normalized spacial score (nSPS) is 11.2. The minimum absolute atomic E-state index is 0.0522. The zero-order chi connectivity index (χ0) is 19.0. The summed E-state index contributed by atoms with van der Waals surface area (Å²) in [4.78, 5) is 14.1. The summed E-state index contributed by atoms with van der Waals surface area (Å²) in [6, 6.07) is 14.0. The number of carbonyl (C=O) groups is 1. The summed E-state index contributed by atoms with van der Waals surface area (Å²) in [7, 11) is -3.82. The number of aryl methyl sites for hydroxylation is 2. The number of carbonyl (C=O) groups excluding carboxylic acids is 1. The first kappa shape index (κ1) is 19.9. The average Bonchev–Trinajstić information content (AvgIpc) is 2.66. The molecule has 6 nitrogen and oxygen atoms in total. The Kier molecular flexibility index (Phi) is 7.17. The Hall–Kier alpha value is -2.38. The molecule has 2 aromatic rings. The molecule has 2 rings (SSSR count). The molecule has 0 unspecified atom stereocenters. The van der Waals surface area contributed by atoms with Gasteiger partial charge in [0.15, 0.2) is 0 Å². The smallest absolute Gasteiger partial charge is 0.257 e. The predicted octanol–water partition coefficient (Wildman–Crippen LogP) is 2.59. The topological polar surface area (TPSA) is 84.5 Å². The summed E-state index contributed by atoms with van der Waals surface area (Å²) in [5, 5.41) is 0. The van der Waals surface area contributed by atoms with Crippen molar-refractivity contribution < 1.29 is 17.9 Å². The van der Waals surface area contributed by atoms with Crippen LogP contribution in [0.5, 0.6) is 5.75 Å². The molecule has 0 heterocycles. The summed E-state index contributed by atoms with van der Waals surface area (Å²) >= 11 is 0. The van der Waals surface area contributed by atoms with E-state index in [2.05, 4.69) is 17.2 Å². The van der Waals surface area contributed by atoms with Crippen molar-refractivity contribution in [2.75, 3.05) is 6.61 Å². The third-order valence-electron chi connectivity index (χ3n) is 3.84. The van der Waals surface area contributed by atoms with Gasteiger partial charge in [-0.2, -0.15) is 0 Å². The van der Waals surface area contributed by atoms with Gasteiger partial charge in [-0.3, -0.25) is 10.2 Å². The van der Waals surface area contributed by atoms with Crippen LogP contribution in [0.1, 0.15) is 31.4 Å². The van der Waals surface area contributed by atoms with Crippen molar-refractivity contribution in [3.63, 3.8) is 0 Å². The van der Waals surface area contributed by atoms with E-state index in [1.54, 1.807) is 12.1 Å². The lowest BCUT2D eigenvalue weighted by atomic mass is 10.1. The Morgan fingerprint density at radius 1 is 0.962 bits per heavy atom. The lowest BCUT2D eigenvalue weighted by Gasteiger charge is -2.09. The Balaban J connectivity index is 1.84. The third-order valence-corrected chi connectivity index (χ3v) is 5.11. The molecule has 0 aliphatic heterocycles. The van der Waals surface area contributed by atoms with E-state index >= 15 is 0 Å². The molecule has 0 fully saturated rings. The molecule has 2 N–H and O–H groups in total. The molecule has 0 aliphatic rings. The first-order valence-electron chi connectivity index (χ1n) is 8.56. The molecule has 0 saturated heterocycles. The fourth-order valence-corrected chi connectivity index (χ4v) is 3.19. The van der Waals surface area contributed by atoms with Crippen molar-refractivity contribution in [3.8, 4) is 5.75 Å². The fourth-order valence-electron chi connectivity index (χ4n) is 2.33. The molecule has 0 aromatic heterocycles. The molecular weight excluding hydrogens is 352 g/mol. The highest BCUT2D eigenvalue weighted by Gasteiger charge is 2.15. The van der Waals surface area contributed by atoms with Gasteiger partial charge in [-0.15, -0.1) is 4.83 Å². The highest BCUT2D eigenvalue weighted by Crippen LogP contribution is 2.15. The van der Waals surface area contributed by atoms with Gasteiger partial charge in [-0.05, 0) is 55.2 Å². The minimum atomic E-state index is -3.82. The number of hydrogen-bond acceptors (Lipinski definition) is 4. The number of ether oxygens (including phenoxy) is 1. The van der Waals surface area contributed by atoms with Crippen LogP contribution in [0, 0.1) is 0 Å². The molecule has 7 heteroatoms. The molecule has 2 aromatic carbocycles. The monoisotopic (exact) mass is 376 g/mol. The van der Waals surface area contributed by atoms with E-state index in [0.29, 0.717) is 18.8 Å². The Labute approximate surface area is 154 Å². The zero-order valence-corrected chi connectivity index (χ0v) is 15.8. The van der Waals surface area contributed by atoms with Crippen LogP contribution < -0.4 is 15.0 Å². The van der Waals surface area contributed by atoms with Gasteiger partial charge >= 0.3 is 0 Å². The highest BCUT2D eigenvalue weighted by molar-refractivity contribution is 7.89. The molecular formula is C19H24N2O4S. The van der Waals surface area contributed by atoms with Crippen molar-refractivity contribution in [3.05, 3.63) is 59.7 Å². The van der Waals surface area contributed by atoms with Gasteiger partial charge in [-0.1, -0.05) is 31.2 Å². The van der Waals surface area contributed by atoms with Crippen LogP contribution in [0.4, 0.5) is 0 Å². The molecule has 0 atom stereocenters. The van der Waals surface area contributed by atoms with E-state index in [4.69, 9.17) is 4.74 Å². The van der Waals surface area contributed by atoms with Crippen LogP contribution >= 0.6 is 0 Å². The molecule has 0 aliphatic carbocycles. The maximum absolute atomic E-state index is 12.2. The Bertz CT molecular complexity index is 816. The van der Waals surface area contributed by atoms with E-state index in [1.165, 1.54) is 17.7 Å². The average molecular weight is 376 g/mol. The molecule has 1 amide bonds. The number of benzene rings is 2. The number of nitrogens with one attached hydrogen (secondary N) is 2. The van der Waals surface area contributed by atoms with Gasteiger partial charge in [-0.25, -0.2) is 8.42 Å². The van der Waals surface area contributed by atoms with Gasteiger partial charge in [0, 0.05) is 6.42 Å². The molecule has 0 spiro atoms. The lowest BCUT2D eigenvalue weighted by molar-refractivity contribution is -0.121. The van der Waals surface area contributed by atoms with Crippen molar-refractivity contribution in [2.45, 2.75) is 38.0 Å². The molecule has 0 radical (unpaired) electrons. The van der Waals surface area contributed by atoms with Crippen LogP contribution in [0.15, 0.2) is 53.4 Å². The van der Waals surface area contributed by atoms with Gasteiger partial charge in [0.1, 0.15) is 5.75 Å². The second-order valence-electron chi connectivity index (χ2n) is 5.73. The fraction of sp³-hybridized carbons (Fsp3) is 0.316. The van der Waals surface area contributed by atoms with Crippen LogP contribution in [-0.2, 0) is 27.7 Å². The molecule has 0 bridgehead atoms. The van der Waals surface area contributed by atoms with E-state index in [1.807, 2.05) is 31.2 Å². The quantitative estimate of drug-likeness (QED) is 0.659. The van der Waals surface area contributed by atoms with Crippen molar-refractivity contribution >= 4 is 15.9 Å². The van der Waals surface area contributed by atoms with Gasteiger partial charge in [0.25, 0.3) is 10.0 Å². The SMILES string of the molecule is CCOc1ccc(S(=O)(=O)NNC(=O)CCc2ccc(CC)cc2)cc1. The summed E-state index contributed by atoms with van der Waals surface area (Å²) in [5.41, 5.74) is 4.52. The number of hydrazine groups is 1. The molecule has 140 valence electrons. The number of rotatable bonds is 9. The Morgan fingerprint density at radius 2 is 1.58 bits per heavy atom. The molecule has 0 saturated carbocycles. The summed E-state index contributed by atoms with van der Waals surface area (Å²) < 4.78 is 29.6. The third kappa shape index (κ3) is 5.86. The van der Waals surface area contributed by atoms with Crippen molar-refractivity contribution in [2.24, 2.45) is 0 Å². The zero-order valence-electron chi connectivity index (χ0n) is 15.0. The number of amides is 1. The first-order chi connectivity index (χ1) is 12.4. The highest BCUT2D eigenvalue weighted by atomic mass is 32.2. The van der Waals surface area contributed by atoms with Crippen LogP contribution in [0.25, 0.3) is 0 Å². The van der Waals surface area contributed by atoms with Gasteiger partial charge in [0.05, 0.1) is 11.5 Å². The van der Waals surface area contributed by atoms with Crippen LogP contribution in [-0.4, -0.2) is 20.9 Å².